The van der Waals surface area contributed by atoms with Crippen molar-refractivity contribution >= 4 is 11.5 Å². The van der Waals surface area contributed by atoms with E-state index in [4.69, 9.17) is 4.74 Å². The van der Waals surface area contributed by atoms with E-state index in [1.807, 2.05) is 6.07 Å². The van der Waals surface area contributed by atoms with Gasteiger partial charge in [-0.25, -0.2) is 4.39 Å². The van der Waals surface area contributed by atoms with Gasteiger partial charge < -0.3 is 14.7 Å². The summed E-state index contributed by atoms with van der Waals surface area (Å²) >= 11 is 0. The highest BCUT2D eigenvalue weighted by Gasteiger charge is 2.20. The van der Waals surface area contributed by atoms with E-state index in [1.54, 1.807) is 30.3 Å². The Labute approximate surface area is 159 Å². The summed E-state index contributed by atoms with van der Waals surface area (Å²) < 4.78 is 18.7. The Morgan fingerprint density at radius 1 is 1.11 bits per heavy atom. The molecule has 27 heavy (non-hydrogen) atoms. The van der Waals surface area contributed by atoms with Gasteiger partial charge in [-0.05, 0) is 43.3 Å². The number of halogens is 1. The van der Waals surface area contributed by atoms with Crippen molar-refractivity contribution in [3.63, 3.8) is 0 Å². The number of para-hydroxylation sites is 1. The van der Waals surface area contributed by atoms with Crippen LogP contribution >= 0.6 is 0 Å². The summed E-state index contributed by atoms with van der Waals surface area (Å²) in [6.45, 7) is 5.44. The normalized spacial score (nSPS) is 16.2. The van der Waals surface area contributed by atoms with Gasteiger partial charge in [-0.2, -0.15) is 0 Å². The van der Waals surface area contributed by atoms with E-state index in [0.717, 1.165) is 31.9 Å². The molecule has 2 aromatic carbocycles. The highest BCUT2D eigenvalue weighted by atomic mass is 19.1. The molecule has 144 valence electrons. The van der Waals surface area contributed by atoms with Crippen LogP contribution in [-0.4, -0.2) is 61.2 Å². The minimum absolute atomic E-state index is 0.0583. The number of Topliss-reactive ketones (excluding diaryl/α,β-unsaturated/α-hetero) is 1. The summed E-state index contributed by atoms with van der Waals surface area (Å²) in [6.07, 6.45) is -0.637. The van der Waals surface area contributed by atoms with Gasteiger partial charge in [0.2, 0.25) is 0 Å². The lowest BCUT2D eigenvalue weighted by Gasteiger charge is -2.36. The van der Waals surface area contributed by atoms with Crippen molar-refractivity contribution < 1.29 is 19.0 Å². The van der Waals surface area contributed by atoms with Gasteiger partial charge in [0.15, 0.2) is 5.78 Å². The molecule has 3 rings (SSSR count). The summed E-state index contributed by atoms with van der Waals surface area (Å²) in [5, 5.41) is 10.3. The van der Waals surface area contributed by atoms with Crippen LogP contribution in [-0.2, 0) is 0 Å². The second-order valence-corrected chi connectivity index (χ2v) is 6.78. The van der Waals surface area contributed by atoms with E-state index in [-0.39, 0.29) is 18.2 Å². The van der Waals surface area contributed by atoms with Gasteiger partial charge in [-0.3, -0.25) is 9.69 Å². The highest BCUT2D eigenvalue weighted by molar-refractivity contribution is 5.96. The number of ketones is 1. The maximum Gasteiger partial charge on any atom is 0.163 e. The van der Waals surface area contributed by atoms with Gasteiger partial charge in [0.05, 0.1) is 5.56 Å². The van der Waals surface area contributed by atoms with E-state index >= 15 is 0 Å². The first-order chi connectivity index (χ1) is 13.0. The number of carbonyl (C=O) groups is 1. The van der Waals surface area contributed by atoms with Crippen LogP contribution in [0.15, 0.2) is 48.5 Å². The Morgan fingerprint density at radius 3 is 2.44 bits per heavy atom. The van der Waals surface area contributed by atoms with Crippen LogP contribution in [0.3, 0.4) is 0 Å². The van der Waals surface area contributed by atoms with Crippen LogP contribution in [0.25, 0.3) is 0 Å². The first-order valence-electron chi connectivity index (χ1n) is 9.16. The van der Waals surface area contributed by atoms with Crippen molar-refractivity contribution in [3.05, 3.63) is 59.9 Å². The van der Waals surface area contributed by atoms with E-state index in [2.05, 4.69) is 9.80 Å². The molecule has 0 unspecified atom stereocenters. The van der Waals surface area contributed by atoms with Crippen LogP contribution in [0.5, 0.6) is 5.75 Å². The minimum atomic E-state index is -0.637. The number of ether oxygens (including phenoxy) is 1. The molecule has 1 atom stereocenters. The quantitative estimate of drug-likeness (QED) is 0.757. The molecule has 1 aliphatic rings. The molecule has 0 amide bonds. The topological polar surface area (TPSA) is 53.0 Å². The molecule has 1 N–H and O–H groups in total. The predicted molar refractivity (Wildman–Crippen MR) is 103 cm³/mol. The molecule has 0 bridgehead atoms. The molecule has 0 aromatic heterocycles. The van der Waals surface area contributed by atoms with Crippen molar-refractivity contribution in [1.82, 2.24) is 4.90 Å². The second kappa shape index (κ2) is 8.97. The number of carbonyl (C=O) groups excluding carboxylic acids is 1. The molecule has 0 saturated carbocycles. The zero-order valence-electron chi connectivity index (χ0n) is 15.5. The monoisotopic (exact) mass is 372 g/mol. The average Bonchev–Trinajstić information content (AvgIpc) is 2.68. The fourth-order valence-corrected chi connectivity index (χ4v) is 3.26. The first kappa shape index (κ1) is 19.3. The zero-order valence-corrected chi connectivity index (χ0v) is 15.5. The number of anilines is 1. The summed E-state index contributed by atoms with van der Waals surface area (Å²) in [4.78, 5) is 16.0. The number of piperazine rings is 1. The van der Waals surface area contributed by atoms with Crippen molar-refractivity contribution in [1.29, 1.82) is 0 Å². The van der Waals surface area contributed by atoms with E-state index in [0.29, 0.717) is 17.9 Å². The Morgan fingerprint density at radius 2 is 1.78 bits per heavy atom. The lowest BCUT2D eigenvalue weighted by atomic mass is 10.1. The Kier molecular flexibility index (Phi) is 6.42. The minimum Gasteiger partial charge on any atom is -0.490 e. The highest BCUT2D eigenvalue weighted by Crippen LogP contribution is 2.19. The fourth-order valence-electron chi connectivity index (χ4n) is 3.26. The molecular formula is C21H25FN2O3. The van der Waals surface area contributed by atoms with E-state index in [1.165, 1.54) is 19.1 Å². The lowest BCUT2D eigenvalue weighted by Crippen LogP contribution is -2.49. The average molecular weight is 372 g/mol. The molecule has 6 heteroatoms. The standard InChI is InChI=1S/C21H25FN2O3/c1-16(25)20-4-2-3-5-21(20)27-15-19(26)14-23-10-12-24(13-11-23)18-8-6-17(22)7-9-18/h2-9,19,26H,10-15H2,1H3/t19-/m1/s1. The second-order valence-electron chi connectivity index (χ2n) is 6.78. The maximum absolute atomic E-state index is 13.0. The maximum atomic E-state index is 13.0. The fraction of sp³-hybridized carbons (Fsp3) is 0.381. The molecule has 0 aliphatic carbocycles. The number of nitrogens with zero attached hydrogens (tertiary/aromatic N) is 2. The van der Waals surface area contributed by atoms with Gasteiger partial charge in [-0.15, -0.1) is 0 Å². The molecule has 1 saturated heterocycles. The van der Waals surface area contributed by atoms with Crippen molar-refractivity contribution in [2.45, 2.75) is 13.0 Å². The number of aliphatic hydroxyl groups is 1. The number of aliphatic hydroxyl groups excluding tert-OH is 1. The molecule has 5 nitrogen and oxygen atoms in total. The van der Waals surface area contributed by atoms with E-state index < -0.39 is 6.10 Å². The summed E-state index contributed by atoms with van der Waals surface area (Å²) in [5.74, 6) is 0.217. The lowest BCUT2D eigenvalue weighted by molar-refractivity contribution is 0.0656. The van der Waals surface area contributed by atoms with Crippen LogP contribution in [0, 0.1) is 5.82 Å². The summed E-state index contributed by atoms with van der Waals surface area (Å²) in [7, 11) is 0. The molecule has 0 radical (unpaired) electrons. The number of rotatable bonds is 7. The first-order valence-corrected chi connectivity index (χ1v) is 9.16. The molecule has 1 fully saturated rings. The van der Waals surface area contributed by atoms with Gasteiger partial charge in [-0.1, -0.05) is 12.1 Å². The Hall–Kier alpha value is -2.44. The summed E-state index contributed by atoms with van der Waals surface area (Å²) in [5.41, 5.74) is 1.54. The number of hydrogen-bond acceptors (Lipinski definition) is 5. The third-order valence-electron chi connectivity index (χ3n) is 4.73. The molecule has 0 spiro atoms. The molecule has 1 aliphatic heterocycles. The predicted octanol–water partition coefficient (Wildman–Crippen LogP) is 2.59. The van der Waals surface area contributed by atoms with Gasteiger partial charge in [0, 0.05) is 38.4 Å². The van der Waals surface area contributed by atoms with Gasteiger partial charge in [0.25, 0.3) is 0 Å². The third kappa shape index (κ3) is 5.28. The molecular weight excluding hydrogens is 347 g/mol. The number of hydrogen-bond donors (Lipinski definition) is 1. The van der Waals surface area contributed by atoms with Crippen LogP contribution in [0.1, 0.15) is 17.3 Å². The van der Waals surface area contributed by atoms with Crippen LogP contribution < -0.4 is 9.64 Å². The largest absolute Gasteiger partial charge is 0.490 e. The molecule has 1 heterocycles. The van der Waals surface area contributed by atoms with Gasteiger partial charge >= 0.3 is 0 Å². The van der Waals surface area contributed by atoms with E-state index in [9.17, 15) is 14.3 Å². The zero-order chi connectivity index (χ0) is 19.2. The van der Waals surface area contributed by atoms with Crippen molar-refractivity contribution in [2.24, 2.45) is 0 Å². The summed E-state index contributed by atoms with van der Waals surface area (Å²) in [6, 6.07) is 13.6. The third-order valence-corrected chi connectivity index (χ3v) is 4.73. The van der Waals surface area contributed by atoms with Crippen LogP contribution in [0.2, 0.25) is 0 Å². The van der Waals surface area contributed by atoms with Crippen molar-refractivity contribution in [3.8, 4) is 5.75 Å². The Balaban J connectivity index is 1.45. The number of benzene rings is 2. The van der Waals surface area contributed by atoms with Crippen molar-refractivity contribution in [2.75, 3.05) is 44.2 Å². The smallest absolute Gasteiger partial charge is 0.163 e. The Bertz CT molecular complexity index is 758. The van der Waals surface area contributed by atoms with Gasteiger partial charge in [0.1, 0.15) is 24.3 Å². The SMILES string of the molecule is CC(=O)c1ccccc1OC[C@H](O)CN1CCN(c2ccc(F)cc2)CC1. The van der Waals surface area contributed by atoms with Crippen LogP contribution in [0.4, 0.5) is 10.1 Å². The molecule has 2 aromatic rings. The number of β-amino-alcohol motifs (C(OH)–C–C–N with tert-alkyl or cyclic N) is 1.